The van der Waals surface area contributed by atoms with E-state index in [0.717, 1.165) is 35.1 Å². The molecule has 2 rings (SSSR count). The summed E-state index contributed by atoms with van der Waals surface area (Å²) in [6.45, 7) is 1.94. The zero-order valence-corrected chi connectivity index (χ0v) is 15.2. The van der Waals surface area contributed by atoms with Gasteiger partial charge in [0.05, 0.1) is 23.4 Å². The highest BCUT2D eigenvalue weighted by Gasteiger charge is 2.31. The van der Waals surface area contributed by atoms with Gasteiger partial charge in [0.1, 0.15) is 5.75 Å². The minimum absolute atomic E-state index is 0.0354. The van der Waals surface area contributed by atoms with Gasteiger partial charge < -0.3 is 10.1 Å². The lowest BCUT2D eigenvalue weighted by atomic mass is 10.0. The van der Waals surface area contributed by atoms with Crippen LogP contribution in [0.3, 0.4) is 0 Å². The van der Waals surface area contributed by atoms with Crippen LogP contribution in [0.25, 0.3) is 0 Å². The number of amides is 1. The molecule has 0 bridgehead atoms. The summed E-state index contributed by atoms with van der Waals surface area (Å²) >= 11 is 5.87. The first kappa shape index (κ1) is 20.1. The predicted molar refractivity (Wildman–Crippen MR) is 95.8 cm³/mol. The molecule has 0 atom stereocenters. The molecule has 0 aliphatic rings. The molecule has 0 aliphatic heterocycles. The molecule has 1 amide bonds. The third-order valence-corrected chi connectivity index (χ3v) is 4.23. The van der Waals surface area contributed by atoms with E-state index in [2.05, 4.69) is 5.32 Å². The van der Waals surface area contributed by atoms with E-state index in [4.69, 9.17) is 16.3 Å². The first-order valence-electron chi connectivity index (χ1n) is 8.01. The zero-order chi connectivity index (χ0) is 19.3. The Kier molecular flexibility index (Phi) is 6.53. The van der Waals surface area contributed by atoms with E-state index >= 15 is 0 Å². The minimum atomic E-state index is -4.49. The molecule has 1 N–H and O–H groups in total. The Labute approximate surface area is 155 Å². The van der Waals surface area contributed by atoms with Gasteiger partial charge in [-0.1, -0.05) is 23.7 Å². The summed E-state index contributed by atoms with van der Waals surface area (Å²) in [4.78, 5) is 12.0. The highest BCUT2D eigenvalue weighted by Crippen LogP contribution is 2.33. The van der Waals surface area contributed by atoms with Gasteiger partial charge >= 0.3 is 6.18 Å². The number of rotatable bonds is 6. The van der Waals surface area contributed by atoms with Crippen molar-refractivity contribution in [1.29, 1.82) is 0 Å². The van der Waals surface area contributed by atoms with E-state index in [1.54, 1.807) is 7.11 Å². The monoisotopic (exact) mass is 385 g/mol. The predicted octanol–water partition coefficient (Wildman–Crippen LogP) is 5.64. The number of methoxy groups -OCH3 is 1. The second kappa shape index (κ2) is 8.45. The van der Waals surface area contributed by atoms with Crippen molar-refractivity contribution in [2.24, 2.45) is 0 Å². The molecule has 0 fully saturated rings. The Bertz CT molecular complexity index is 791. The van der Waals surface area contributed by atoms with Crippen LogP contribution in [0.5, 0.6) is 5.75 Å². The third kappa shape index (κ3) is 5.39. The normalized spacial score (nSPS) is 11.3. The molecule has 3 nitrogen and oxygen atoms in total. The lowest BCUT2D eigenvalue weighted by Crippen LogP contribution is -2.13. The molecule has 0 aliphatic carbocycles. The summed E-state index contributed by atoms with van der Waals surface area (Å²) in [5, 5.41) is 2.51. The van der Waals surface area contributed by atoms with Crippen molar-refractivity contribution in [3.05, 3.63) is 58.1 Å². The Morgan fingerprint density at radius 1 is 1.19 bits per heavy atom. The van der Waals surface area contributed by atoms with Gasteiger partial charge in [-0.2, -0.15) is 13.2 Å². The Hall–Kier alpha value is -2.21. The summed E-state index contributed by atoms with van der Waals surface area (Å²) in [6.07, 6.45) is -3.07. The SMILES string of the molecule is COc1ccc(CCCC(=O)Nc2cc(C(F)(F)F)ccc2Cl)cc1C. The number of benzene rings is 2. The van der Waals surface area contributed by atoms with Gasteiger partial charge in [-0.3, -0.25) is 4.79 Å². The number of ether oxygens (including phenoxy) is 1. The largest absolute Gasteiger partial charge is 0.496 e. The number of carbonyl (C=O) groups excluding carboxylic acids is 1. The van der Waals surface area contributed by atoms with Gasteiger partial charge in [0.15, 0.2) is 0 Å². The van der Waals surface area contributed by atoms with Crippen LogP contribution in [-0.4, -0.2) is 13.0 Å². The van der Waals surface area contributed by atoms with Gasteiger partial charge in [0, 0.05) is 6.42 Å². The molecule has 7 heteroatoms. The maximum atomic E-state index is 12.7. The number of halogens is 4. The minimum Gasteiger partial charge on any atom is -0.496 e. The summed E-state index contributed by atoms with van der Waals surface area (Å²) in [6, 6.07) is 8.62. The molecule has 0 aromatic heterocycles. The number of anilines is 1. The molecular weight excluding hydrogens is 367 g/mol. The molecule has 26 heavy (non-hydrogen) atoms. The second-order valence-corrected chi connectivity index (χ2v) is 6.31. The van der Waals surface area contributed by atoms with Gasteiger partial charge in [-0.25, -0.2) is 0 Å². The van der Waals surface area contributed by atoms with Crippen LogP contribution in [0.15, 0.2) is 36.4 Å². The Balaban J connectivity index is 1.92. The molecule has 140 valence electrons. The molecule has 0 radical (unpaired) electrons. The zero-order valence-electron chi connectivity index (χ0n) is 14.4. The number of alkyl halides is 3. The van der Waals surface area contributed by atoms with Gasteiger partial charge in [-0.05, 0) is 55.2 Å². The fraction of sp³-hybridized carbons (Fsp3) is 0.316. The standard InChI is InChI=1S/C19H19ClF3NO2/c1-12-10-13(6-9-17(12)26-2)4-3-5-18(25)24-16-11-14(19(21,22)23)7-8-15(16)20/h6-11H,3-5H2,1-2H3,(H,24,25). The topological polar surface area (TPSA) is 38.3 Å². The number of carbonyl (C=O) groups is 1. The maximum absolute atomic E-state index is 12.7. The molecule has 0 heterocycles. The average molecular weight is 386 g/mol. The van der Waals surface area contributed by atoms with Crippen molar-refractivity contribution in [2.45, 2.75) is 32.4 Å². The average Bonchev–Trinajstić information content (AvgIpc) is 2.56. The Morgan fingerprint density at radius 3 is 2.54 bits per heavy atom. The lowest BCUT2D eigenvalue weighted by Gasteiger charge is -2.12. The summed E-state index contributed by atoms with van der Waals surface area (Å²) < 4.78 is 43.4. The second-order valence-electron chi connectivity index (χ2n) is 5.90. The van der Waals surface area contributed by atoms with Crippen LogP contribution in [0.2, 0.25) is 5.02 Å². The van der Waals surface area contributed by atoms with Crippen LogP contribution in [0, 0.1) is 6.92 Å². The van der Waals surface area contributed by atoms with Crippen LogP contribution in [0.4, 0.5) is 18.9 Å². The highest BCUT2D eigenvalue weighted by molar-refractivity contribution is 6.33. The smallest absolute Gasteiger partial charge is 0.416 e. The van der Waals surface area contributed by atoms with Crippen LogP contribution in [-0.2, 0) is 17.4 Å². The molecule has 0 saturated carbocycles. The van der Waals surface area contributed by atoms with Crippen molar-refractivity contribution in [3.8, 4) is 5.75 Å². The third-order valence-electron chi connectivity index (χ3n) is 3.90. The van der Waals surface area contributed by atoms with Crippen molar-refractivity contribution < 1.29 is 22.7 Å². The quantitative estimate of drug-likeness (QED) is 0.699. The summed E-state index contributed by atoms with van der Waals surface area (Å²) in [5.41, 5.74) is 1.18. The van der Waals surface area contributed by atoms with Crippen molar-refractivity contribution >= 4 is 23.2 Å². The van der Waals surface area contributed by atoms with E-state index in [1.807, 2.05) is 25.1 Å². The molecule has 2 aromatic carbocycles. The molecular formula is C19H19ClF3NO2. The van der Waals surface area contributed by atoms with Gasteiger partial charge in [-0.15, -0.1) is 0 Å². The maximum Gasteiger partial charge on any atom is 0.416 e. The van der Waals surface area contributed by atoms with Crippen molar-refractivity contribution in [3.63, 3.8) is 0 Å². The van der Waals surface area contributed by atoms with Crippen LogP contribution in [0.1, 0.15) is 29.5 Å². The van der Waals surface area contributed by atoms with E-state index in [-0.39, 0.29) is 23.0 Å². The lowest BCUT2D eigenvalue weighted by molar-refractivity contribution is -0.137. The van der Waals surface area contributed by atoms with Gasteiger partial charge in [0.25, 0.3) is 0 Å². The summed E-state index contributed by atoms with van der Waals surface area (Å²) in [7, 11) is 1.60. The number of aryl methyl sites for hydroxylation is 2. The molecule has 0 saturated heterocycles. The number of hydrogen-bond donors (Lipinski definition) is 1. The van der Waals surface area contributed by atoms with Crippen LogP contribution >= 0.6 is 11.6 Å². The summed E-state index contributed by atoms with van der Waals surface area (Å²) in [5.74, 6) is 0.419. The molecule has 2 aromatic rings. The molecule has 0 spiro atoms. The fourth-order valence-corrected chi connectivity index (χ4v) is 2.72. The van der Waals surface area contributed by atoms with E-state index in [9.17, 15) is 18.0 Å². The highest BCUT2D eigenvalue weighted by atomic mass is 35.5. The van der Waals surface area contributed by atoms with Gasteiger partial charge in [0.2, 0.25) is 5.91 Å². The Morgan fingerprint density at radius 2 is 1.92 bits per heavy atom. The first-order chi connectivity index (χ1) is 12.2. The first-order valence-corrected chi connectivity index (χ1v) is 8.38. The molecule has 0 unspecified atom stereocenters. The van der Waals surface area contributed by atoms with E-state index in [0.29, 0.717) is 12.8 Å². The van der Waals surface area contributed by atoms with Crippen LogP contribution < -0.4 is 10.1 Å². The van der Waals surface area contributed by atoms with E-state index in [1.165, 1.54) is 0 Å². The van der Waals surface area contributed by atoms with E-state index < -0.39 is 11.7 Å². The fourth-order valence-electron chi connectivity index (χ4n) is 2.56. The van der Waals surface area contributed by atoms with Crippen molar-refractivity contribution in [1.82, 2.24) is 0 Å². The van der Waals surface area contributed by atoms with Crippen molar-refractivity contribution in [2.75, 3.05) is 12.4 Å². The number of hydrogen-bond acceptors (Lipinski definition) is 2. The number of nitrogens with one attached hydrogen (secondary N) is 1.